The van der Waals surface area contributed by atoms with Gasteiger partial charge in [0.15, 0.2) is 0 Å². The molecule has 1 saturated heterocycles. The van der Waals surface area contributed by atoms with Gasteiger partial charge in [-0.3, -0.25) is 0 Å². The van der Waals surface area contributed by atoms with Crippen LogP contribution in [0.3, 0.4) is 0 Å². The summed E-state index contributed by atoms with van der Waals surface area (Å²) in [6.07, 6.45) is 0.735. The van der Waals surface area contributed by atoms with Gasteiger partial charge in [-0.2, -0.15) is 4.31 Å². The summed E-state index contributed by atoms with van der Waals surface area (Å²) >= 11 is 0. The van der Waals surface area contributed by atoms with E-state index >= 15 is 0 Å². The van der Waals surface area contributed by atoms with Crippen LogP contribution in [-0.4, -0.2) is 39.0 Å². The van der Waals surface area contributed by atoms with Crippen LogP contribution in [-0.2, 0) is 21.3 Å². The third-order valence-electron chi connectivity index (χ3n) is 3.27. The van der Waals surface area contributed by atoms with E-state index in [0.717, 1.165) is 17.5 Å². The van der Waals surface area contributed by atoms with Gasteiger partial charge in [-0.1, -0.05) is 12.1 Å². The molecule has 0 atom stereocenters. The van der Waals surface area contributed by atoms with E-state index in [1.165, 1.54) is 4.31 Å². The van der Waals surface area contributed by atoms with E-state index in [-0.39, 0.29) is 0 Å². The van der Waals surface area contributed by atoms with Gasteiger partial charge in [-0.15, -0.1) is 0 Å². The van der Waals surface area contributed by atoms with Crippen LogP contribution in [0.25, 0.3) is 0 Å². The monoisotopic (exact) mass is 284 g/mol. The zero-order valence-corrected chi connectivity index (χ0v) is 11.9. The van der Waals surface area contributed by atoms with Crippen LogP contribution >= 0.6 is 0 Å². The van der Waals surface area contributed by atoms with Crippen molar-refractivity contribution in [2.45, 2.75) is 24.8 Å². The van der Waals surface area contributed by atoms with Crippen LogP contribution in [0, 0.1) is 6.92 Å². The summed E-state index contributed by atoms with van der Waals surface area (Å²) in [6.45, 7) is 4.23. The highest BCUT2D eigenvalue weighted by molar-refractivity contribution is 7.89. The minimum absolute atomic E-state index is 0.367. The highest BCUT2D eigenvalue weighted by atomic mass is 32.2. The maximum Gasteiger partial charge on any atom is 0.243 e. The van der Waals surface area contributed by atoms with Crippen molar-refractivity contribution in [1.29, 1.82) is 0 Å². The van der Waals surface area contributed by atoms with Crippen molar-refractivity contribution in [3.8, 4) is 0 Å². The summed E-state index contributed by atoms with van der Waals surface area (Å²) in [5.41, 5.74) is 7.25. The number of sulfonamides is 1. The average Bonchev–Trinajstić information content (AvgIpc) is 2.67. The molecule has 0 bridgehead atoms. The van der Waals surface area contributed by atoms with Crippen molar-refractivity contribution in [2.75, 3.05) is 26.3 Å². The Morgan fingerprint density at radius 3 is 2.79 bits per heavy atom. The average molecular weight is 284 g/mol. The summed E-state index contributed by atoms with van der Waals surface area (Å²) in [6, 6.07) is 5.26. The van der Waals surface area contributed by atoms with Gasteiger partial charge in [-0.25, -0.2) is 8.42 Å². The van der Waals surface area contributed by atoms with Gasteiger partial charge < -0.3 is 10.5 Å². The topological polar surface area (TPSA) is 72.6 Å². The van der Waals surface area contributed by atoms with Gasteiger partial charge in [-0.05, 0) is 30.5 Å². The molecule has 0 spiro atoms. The fourth-order valence-corrected chi connectivity index (χ4v) is 3.90. The predicted octanol–water partition coefficient (Wildman–Crippen LogP) is 0.865. The minimum Gasteiger partial charge on any atom is -0.380 e. The molecule has 0 unspecified atom stereocenters. The molecule has 19 heavy (non-hydrogen) atoms. The Hall–Kier alpha value is -0.950. The summed E-state index contributed by atoms with van der Waals surface area (Å²) in [5.74, 6) is 0. The second kappa shape index (κ2) is 6.00. The van der Waals surface area contributed by atoms with E-state index in [4.69, 9.17) is 10.5 Å². The number of nitrogens with zero attached hydrogens (tertiary/aromatic N) is 1. The van der Waals surface area contributed by atoms with Crippen molar-refractivity contribution >= 4 is 10.0 Å². The number of nitrogens with two attached hydrogens (primary N) is 1. The number of benzene rings is 1. The molecule has 106 valence electrons. The van der Waals surface area contributed by atoms with Gasteiger partial charge in [0.25, 0.3) is 0 Å². The van der Waals surface area contributed by atoms with Crippen LogP contribution in [0.4, 0.5) is 0 Å². The normalized spacial score (nSPS) is 18.2. The van der Waals surface area contributed by atoms with Crippen LogP contribution in [0.2, 0.25) is 0 Å². The van der Waals surface area contributed by atoms with E-state index < -0.39 is 10.0 Å². The Labute approximate surface area is 114 Å². The minimum atomic E-state index is -3.43. The maximum absolute atomic E-state index is 12.6. The third-order valence-corrected chi connectivity index (χ3v) is 5.33. The highest BCUT2D eigenvalue weighted by Gasteiger charge is 2.26. The number of aryl methyl sites for hydroxylation is 1. The summed E-state index contributed by atoms with van der Waals surface area (Å²) in [5, 5.41) is 0. The standard InChI is InChI=1S/C13H20N2O3S/c1-11-9-12(10-14)3-4-13(11)19(16,17)15-5-2-7-18-8-6-15/h3-4,9H,2,5-8,10,14H2,1H3. The maximum atomic E-state index is 12.6. The van der Waals surface area contributed by atoms with Crippen molar-refractivity contribution in [1.82, 2.24) is 4.31 Å². The Morgan fingerprint density at radius 1 is 1.32 bits per heavy atom. The molecule has 0 radical (unpaired) electrons. The molecule has 1 aromatic carbocycles. The van der Waals surface area contributed by atoms with E-state index in [0.29, 0.717) is 37.7 Å². The third kappa shape index (κ3) is 3.14. The summed E-state index contributed by atoms with van der Waals surface area (Å²) in [4.78, 5) is 0.367. The first-order valence-electron chi connectivity index (χ1n) is 6.43. The first-order chi connectivity index (χ1) is 9.05. The number of rotatable bonds is 3. The van der Waals surface area contributed by atoms with E-state index in [1.54, 1.807) is 19.1 Å². The van der Waals surface area contributed by atoms with Gasteiger partial charge in [0.2, 0.25) is 10.0 Å². The fourth-order valence-electron chi connectivity index (χ4n) is 2.23. The number of ether oxygens (including phenoxy) is 1. The molecule has 0 amide bonds. The van der Waals surface area contributed by atoms with Gasteiger partial charge in [0.05, 0.1) is 11.5 Å². The number of hydrogen-bond donors (Lipinski definition) is 1. The van der Waals surface area contributed by atoms with E-state index in [9.17, 15) is 8.42 Å². The Bertz CT molecular complexity index is 535. The van der Waals surface area contributed by atoms with E-state index in [2.05, 4.69) is 0 Å². The molecule has 2 N–H and O–H groups in total. The molecule has 1 aliphatic heterocycles. The van der Waals surface area contributed by atoms with Crippen LogP contribution in [0.1, 0.15) is 17.5 Å². The molecule has 1 aliphatic rings. The summed E-state index contributed by atoms with van der Waals surface area (Å²) < 4.78 is 32.0. The molecule has 0 aliphatic carbocycles. The first-order valence-corrected chi connectivity index (χ1v) is 7.87. The van der Waals surface area contributed by atoms with Crippen LogP contribution < -0.4 is 5.73 Å². The lowest BCUT2D eigenvalue weighted by atomic mass is 10.1. The highest BCUT2D eigenvalue weighted by Crippen LogP contribution is 2.21. The summed E-state index contributed by atoms with van der Waals surface area (Å²) in [7, 11) is -3.43. The first kappa shape index (κ1) is 14.5. The van der Waals surface area contributed by atoms with Crippen molar-refractivity contribution < 1.29 is 13.2 Å². The number of hydrogen-bond acceptors (Lipinski definition) is 4. The zero-order valence-electron chi connectivity index (χ0n) is 11.1. The molecule has 0 saturated carbocycles. The SMILES string of the molecule is Cc1cc(CN)ccc1S(=O)(=O)N1CCCOCC1. The predicted molar refractivity (Wildman–Crippen MR) is 73.3 cm³/mol. The lowest BCUT2D eigenvalue weighted by Crippen LogP contribution is -2.33. The van der Waals surface area contributed by atoms with Crippen molar-refractivity contribution in [2.24, 2.45) is 5.73 Å². The molecule has 1 heterocycles. The molecule has 2 rings (SSSR count). The van der Waals surface area contributed by atoms with Gasteiger partial charge in [0.1, 0.15) is 0 Å². The van der Waals surface area contributed by atoms with Crippen LogP contribution in [0.5, 0.6) is 0 Å². The lowest BCUT2D eigenvalue weighted by molar-refractivity contribution is 0.148. The van der Waals surface area contributed by atoms with E-state index in [1.807, 2.05) is 6.07 Å². The van der Waals surface area contributed by atoms with Crippen molar-refractivity contribution in [3.63, 3.8) is 0 Å². The van der Waals surface area contributed by atoms with Gasteiger partial charge in [0, 0.05) is 26.2 Å². The molecule has 0 aromatic heterocycles. The van der Waals surface area contributed by atoms with Crippen LogP contribution in [0.15, 0.2) is 23.1 Å². The lowest BCUT2D eigenvalue weighted by Gasteiger charge is -2.20. The largest absolute Gasteiger partial charge is 0.380 e. The fraction of sp³-hybridized carbons (Fsp3) is 0.538. The smallest absolute Gasteiger partial charge is 0.243 e. The quantitative estimate of drug-likeness (QED) is 0.893. The molecule has 1 fully saturated rings. The van der Waals surface area contributed by atoms with Gasteiger partial charge >= 0.3 is 0 Å². The molecule has 1 aromatic rings. The molecular weight excluding hydrogens is 264 g/mol. The molecule has 5 nitrogen and oxygen atoms in total. The molecule has 6 heteroatoms. The Kier molecular flexibility index (Phi) is 4.57. The Morgan fingerprint density at radius 2 is 2.11 bits per heavy atom. The zero-order chi connectivity index (χ0) is 13.9. The second-order valence-corrected chi connectivity index (χ2v) is 6.58. The Balaban J connectivity index is 2.32. The molecular formula is C13H20N2O3S. The second-order valence-electron chi connectivity index (χ2n) is 4.67. The van der Waals surface area contributed by atoms with Crippen molar-refractivity contribution in [3.05, 3.63) is 29.3 Å².